The zero-order chi connectivity index (χ0) is 15.3. The Balaban J connectivity index is 2.68. The molecule has 0 aromatic heterocycles. The van der Waals surface area contributed by atoms with Gasteiger partial charge in [0.25, 0.3) is 0 Å². The zero-order valence-electron chi connectivity index (χ0n) is 13.3. The monoisotopic (exact) mass is 278 g/mol. The minimum atomic E-state index is -0.574. The summed E-state index contributed by atoms with van der Waals surface area (Å²) in [5.74, 6) is 0.827. The van der Waals surface area contributed by atoms with E-state index in [-0.39, 0.29) is 18.1 Å². The van der Waals surface area contributed by atoms with Crippen LogP contribution in [0.3, 0.4) is 0 Å². The minimum Gasteiger partial charge on any atom is -0.491 e. The van der Waals surface area contributed by atoms with Crippen molar-refractivity contribution in [3.63, 3.8) is 0 Å². The lowest BCUT2D eigenvalue weighted by Gasteiger charge is -2.25. The highest BCUT2D eigenvalue weighted by molar-refractivity contribution is 5.85. The second-order valence-corrected chi connectivity index (χ2v) is 5.81. The Morgan fingerprint density at radius 3 is 2.15 bits per heavy atom. The van der Waals surface area contributed by atoms with E-state index in [4.69, 9.17) is 4.74 Å². The standard InChI is InChI=1S/C16H26N2O2/c1-11(2)20-14-9-7-13(8-10-14)12(3)18-15(19)16(4,5)17-6/h7-12,17H,1-6H3,(H,18,19). The van der Waals surface area contributed by atoms with Crippen LogP contribution < -0.4 is 15.4 Å². The number of benzene rings is 1. The van der Waals surface area contributed by atoms with Crippen LogP contribution in [0.1, 0.15) is 46.2 Å². The van der Waals surface area contributed by atoms with Crippen molar-refractivity contribution in [3.05, 3.63) is 29.8 Å². The Morgan fingerprint density at radius 1 is 1.15 bits per heavy atom. The summed E-state index contributed by atoms with van der Waals surface area (Å²) >= 11 is 0. The molecule has 4 nitrogen and oxygen atoms in total. The number of hydrogen-bond donors (Lipinski definition) is 2. The smallest absolute Gasteiger partial charge is 0.240 e. The summed E-state index contributed by atoms with van der Waals surface area (Å²) in [6.07, 6.45) is 0.161. The van der Waals surface area contributed by atoms with Crippen LogP contribution in [-0.4, -0.2) is 24.6 Å². The average molecular weight is 278 g/mol. The van der Waals surface area contributed by atoms with Crippen LogP contribution in [0.15, 0.2) is 24.3 Å². The second kappa shape index (κ2) is 6.75. The van der Waals surface area contributed by atoms with Gasteiger partial charge in [0.2, 0.25) is 5.91 Å². The molecule has 20 heavy (non-hydrogen) atoms. The molecule has 112 valence electrons. The van der Waals surface area contributed by atoms with Gasteiger partial charge in [-0.3, -0.25) is 4.79 Å². The molecule has 2 N–H and O–H groups in total. The van der Waals surface area contributed by atoms with Gasteiger partial charge in [-0.1, -0.05) is 12.1 Å². The number of likely N-dealkylation sites (N-methyl/N-ethyl adjacent to an activating group) is 1. The van der Waals surface area contributed by atoms with Gasteiger partial charge in [-0.15, -0.1) is 0 Å². The van der Waals surface area contributed by atoms with Gasteiger partial charge < -0.3 is 15.4 Å². The first-order valence-electron chi connectivity index (χ1n) is 7.02. The first kappa shape index (κ1) is 16.5. The van der Waals surface area contributed by atoms with Crippen molar-refractivity contribution in [2.75, 3.05) is 7.05 Å². The fraction of sp³-hybridized carbons (Fsp3) is 0.562. The molecular weight excluding hydrogens is 252 g/mol. The van der Waals surface area contributed by atoms with Crippen molar-refractivity contribution in [2.24, 2.45) is 0 Å². The molecule has 0 radical (unpaired) electrons. The largest absolute Gasteiger partial charge is 0.491 e. The molecule has 1 amide bonds. The van der Waals surface area contributed by atoms with Crippen LogP contribution in [0.4, 0.5) is 0 Å². The van der Waals surface area contributed by atoms with Crippen molar-refractivity contribution < 1.29 is 9.53 Å². The van der Waals surface area contributed by atoms with Gasteiger partial charge in [0, 0.05) is 0 Å². The first-order chi connectivity index (χ1) is 9.26. The van der Waals surface area contributed by atoms with Crippen molar-refractivity contribution in [3.8, 4) is 5.75 Å². The van der Waals surface area contributed by atoms with Crippen molar-refractivity contribution in [2.45, 2.75) is 52.3 Å². The summed E-state index contributed by atoms with van der Waals surface area (Å²) in [6.45, 7) is 9.68. The average Bonchev–Trinajstić information content (AvgIpc) is 2.38. The number of hydrogen-bond acceptors (Lipinski definition) is 3. The van der Waals surface area contributed by atoms with Crippen LogP contribution in [-0.2, 0) is 4.79 Å². The summed E-state index contributed by atoms with van der Waals surface area (Å²) in [5, 5.41) is 6.00. The third kappa shape index (κ3) is 4.53. The molecule has 0 aliphatic carbocycles. The predicted molar refractivity (Wildman–Crippen MR) is 81.9 cm³/mol. The highest BCUT2D eigenvalue weighted by atomic mass is 16.5. The lowest BCUT2D eigenvalue weighted by molar-refractivity contribution is -0.126. The van der Waals surface area contributed by atoms with Gasteiger partial charge in [-0.2, -0.15) is 0 Å². The van der Waals surface area contributed by atoms with Crippen LogP contribution in [0.25, 0.3) is 0 Å². The lowest BCUT2D eigenvalue weighted by atomic mass is 10.0. The molecule has 0 aliphatic heterocycles. The van der Waals surface area contributed by atoms with E-state index in [1.54, 1.807) is 7.05 Å². The summed E-state index contributed by atoms with van der Waals surface area (Å²) in [7, 11) is 1.78. The van der Waals surface area contributed by atoms with E-state index in [9.17, 15) is 4.79 Å². The van der Waals surface area contributed by atoms with E-state index in [1.165, 1.54) is 0 Å². The molecular formula is C16H26N2O2. The first-order valence-corrected chi connectivity index (χ1v) is 7.02. The molecule has 1 aromatic rings. The predicted octanol–water partition coefficient (Wildman–Crippen LogP) is 2.65. The molecule has 0 aliphatic rings. The second-order valence-electron chi connectivity index (χ2n) is 5.81. The van der Waals surface area contributed by atoms with Gasteiger partial charge in [0.15, 0.2) is 0 Å². The Kier molecular flexibility index (Phi) is 5.57. The maximum Gasteiger partial charge on any atom is 0.240 e. The molecule has 0 heterocycles. The zero-order valence-corrected chi connectivity index (χ0v) is 13.3. The van der Waals surface area contributed by atoms with Crippen molar-refractivity contribution in [1.29, 1.82) is 0 Å². The van der Waals surface area contributed by atoms with Crippen LogP contribution in [0, 0.1) is 0 Å². The van der Waals surface area contributed by atoms with Crippen molar-refractivity contribution >= 4 is 5.91 Å². The SMILES string of the molecule is CNC(C)(C)C(=O)NC(C)c1ccc(OC(C)C)cc1. The summed E-state index contributed by atoms with van der Waals surface area (Å²) in [5.41, 5.74) is 0.482. The molecule has 0 saturated heterocycles. The minimum absolute atomic E-state index is 0.0185. The van der Waals surface area contributed by atoms with Crippen LogP contribution in [0.2, 0.25) is 0 Å². The van der Waals surface area contributed by atoms with Gasteiger partial charge in [0.1, 0.15) is 5.75 Å². The fourth-order valence-electron chi connectivity index (χ4n) is 1.68. The van der Waals surface area contributed by atoms with Gasteiger partial charge in [-0.05, 0) is 59.4 Å². The number of rotatable bonds is 6. The lowest BCUT2D eigenvalue weighted by Crippen LogP contribution is -2.51. The van der Waals surface area contributed by atoms with Gasteiger partial charge >= 0.3 is 0 Å². The van der Waals surface area contributed by atoms with Crippen molar-refractivity contribution in [1.82, 2.24) is 10.6 Å². The van der Waals surface area contributed by atoms with Gasteiger partial charge in [0.05, 0.1) is 17.7 Å². The van der Waals surface area contributed by atoms with E-state index in [2.05, 4.69) is 10.6 Å². The van der Waals surface area contributed by atoms with E-state index in [0.29, 0.717) is 0 Å². The molecule has 0 bridgehead atoms. The summed E-state index contributed by atoms with van der Waals surface area (Å²) < 4.78 is 5.60. The van der Waals surface area contributed by atoms with E-state index in [1.807, 2.05) is 58.9 Å². The molecule has 0 spiro atoms. The van der Waals surface area contributed by atoms with Gasteiger partial charge in [-0.25, -0.2) is 0 Å². The van der Waals surface area contributed by atoms with E-state index >= 15 is 0 Å². The maximum atomic E-state index is 12.1. The van der Waals surface area contributed by atoms with E-state index < -0.39 is 5.54 Å². The van der Waals surface area contributed by atoms with Crippen LogP contribution in [0.5, 0.6) is 5.75 Å². The summed E-state index contributed by atoms with van der Waals surface area (Å²) in [4.78, 5) is 12.1. The third-order valence-corrected chi connectivity index (χ3v) is 3.29. The Morgan fingerprint density at radius 2 is 1.70 bits per heavy atom. The molecule has 1 atom stereocenters. The summed E-state index contributed by atoms with van der Waals surface area (Å²) in [6, 6.07) is 7.79. The molecule has 1 unspecified atom stereocenters. The number of amides is 1. The molecule has 0 saturated carbocycles. The molecule has 1 aromatic carbocycles. The third-order valence-electron chi connectivity index (χ3n) is 3.29. The highest BCUT2D eigenvalue weighted by Crippen LogP contribution is 2.19. The molecule has 0 fully saturated rings. The molecule has 4 heteroatoms. The number of ether oxygens (including phenoxy) is 1. The van der Waals surface area contributed by atoms with Crippen LogP contribution >= 0.6 is 0 Å². The number of carbonyl (C=O) groups excluding carboxylic acids is 1. The maximum absolute atomic E-state index is 12.1. The Labute approximate surface area is 121 Å². The highest BCUT2D eigenvalue weighted by Gasteiger charge is 2.26. The Bertz CT molecular complexity index is 438. The number of nitrogens with one attached hydrogen (secondary N) is 2. The molecule has 1 rings (SSSR count). The Hall–Kier alpha value is -1.55. The quantitative estimate of drug-likeness (QED) is 0.841. The number of carbonyl (C=O) groups is 1. The normalized spacial score (nSPS) is 13.2. The topological polar surface area (TPSA) is 50.4 Å². The fourth-order valence-corrected chi connectivity index (χ4v) is 1.68. The van der Waals surface area contributed by atoms with E-state index in [0.717, 1.165) is 11.3 Å².